The number of carboxylic acids is 1. The molecule has 2 heterocycles. The number of aliphatic hydroxyl groups is 3. The monoisotopic (exact) mass is 622 g/mol. The number of rotatable bonds is 10. The molecule has 15 nitrogen and oxygen atoms in total. The Kier molecular flexibility index (Phi) is 9.08. The third-order valence-electron chi connectivity index (χ3n) is 6.74. The van der Waals surface area contributed by atoms with Crippen molar-refractivity contribution in [2.75, 3.05) is 23.9 Å². The Labute approximate surface area is 245 Å². The Morgan fingerprint density at radius 1 is 1.05 bits per heavy atom. The molecule has 0 aromatic heterocycles. The highest BCUT2D eigenvalue weighted by Crippen LogP contribution is 2.39. The number of carboxylic acid groups (broad SMARTS) is 1. The molecule has 5 N–H and O–H groups in total. The maximum absolute atomic E-state index is 13.6. The highest BCUT2D eigenvalue weighted by molar-refractivity contribution is 7.90. The molecular weight excluding hydrogens is 592 g/mol. The largest absolute Gasteiger partial charge is 0.490 e. The van der Waals surface area contributed by atoms with Crippen LogP contribution in [0.4, 0.5) is 5.69 Å². The third kappa shape index (κ3) is 6.47. The summed E-state index contributed by atoms with van der Waals surface area (Å²) in [5.41, 5.74) is 0.0989. The number of hydrogen-bond acceptors (Lipinski definition) is 12. The van der Waals surface area contributed by atoms with Gasteiger partial charge in [0.1, 0.15) is 28.1 Å². The fraction of sp³-hybridized carbons (Fsp3) is 0.407. The summed E-state index contributed by atoms with van der Waals surface area (Å²) >= 11 is 0. The molecule has 0 saturated carbocycles. The van der Waals surface area contributed by atoms with Gasteiger partial charge in [-0.05, 0) is 36.8 Å². The molecule has 3 amide bonds. The van der Waals surface area contributed by atoms with Gasteiger partial charge in [-0.3, -0.25) is 19.3 Å². The van der Waals surface area contributed by atoms with Crippen LogP contribution in [-0.2, 0) is 24.2 Å². The fourth-order valence-electron chi connectivity index (χ4n) is 4.86. The Balaban J connectivity index is 1.73. The lowest BCUT2D eigenvalue weighted by atomic mass is 9.99. The number of ether oxygens (including phenoxy) is 3. The Hall–Kier alpha value is -4.09. The molecule has 6 atom stereocenters. The number of aliphatic hydroxyl groups excluding tert-OH is 3. The smallest absolute Gasteiger partial charge is 0.335 e. The quantitative estimate of drug-likeness (QED) is 0.215. The van der Waals surface area contributed by atoms with E-state index in [0.29, 0.717) is 0 Å². The first kappa shape index (κ1) is 31.8. The third-order valence-corrected chi connectivity index (χ3v) is 7.66. The predicted molar refractivity (Wildman–Crippen MR) is 146 cm³/mol. The van der Waals surface area contributed by atoms with Gasteiger partial charge in [0.05, 0.1) is 35.2 Å². The lowest BCUT2D eigenvalue weighted by Crippen LogP contribution is -2.61. The van der Waals surface area contributed by atoms with E-state index in [9.17, 15) is 48.0 Å². The number of nitrogens with zero attached hydrogens (tertiary/aromatic N) is 1. The number of aliphatic carboxylic acids is 1. The molecule has 2 aliphatic heterocycles. The van der Waals surface area contributed by atoms with Crippen LogP contribution in [0.15, 0.2) is 36.4 Å². The van der Waals surface area contributed by atoms with E-state index in [1.807, 2.05) is 0 Å². The molecule has 16 heteroatoms. The highest BCUT2D eigenvalue weighted by atomic mass is 32.2. The van der Waals surface area contributed by atoms with Gasteiger partial charge in [-0.1, -0.05) is 12.1 Å². The maximum Gasteiger partial charge on any atom is 0.335 e. The predicted octanol–water partition coefficient (Wildman–Crippen LogP) is -0.303. The van der Waals surface area contributed by atoms with Crippen molar-refractivity contribution in [3.8, 4) is 11.5 Å². The zero-order chi connectivity index (χ0) is 31.8. The van der Waals surface area contributed by atoms with Crippen LogP contribution in [-0.4, -0.2) is 107 Å². The Morgan fingerprint density at radius 2 is 1.74 bits per heavy atom. The molecule has 2 aromatic carbocycles. The summed E-state index contributed by atoms with van der Waals surface area (Å²) < 4.78 is 41.4. The van der Waals surface area contributed by atoms with Crippen molar-refractivity contribution in [2.45, 2.75) is 50.6 Å². The summed E-state index contributed by atoms with van der Waals surface area (Å²) in [7, 11) is -3.81. The molecule has 43 heavy (non-hydrogen) atoms. The van der Waals surface area contributed by atoms with Crippen LogP contribution in [0.25, 0.3) is 0 Å². The van der Waals surface area contributed by atoms with Crippen molar-refractivity contribution in [1.82, 2.24) is 4.90 Å². The first-order valence-electron chi connectivity index (χ1n) is 13.0. The molecule has 1 saturated heterocycles. The zero-order valence-corrected chi connectivity index (χ0v) is 24.0. The Morgan fingerprint density at radius 3 is 2.35 bits per heavy atom. The second kappa shape index (κ2) is 12.3. The van der Waals surface area contributed by atoms with E-state index in [-0.39, 0.29) is 40.5 Å². The number of benzene rings is 2. The number of anilines is 1. The van der Waals surface area contributed by atoms with Gasteiger partial charge in [-0.25, -0.2) is 13.2 Å². The Bertz CT molecular complexity index is 1560. The number of amides is 3. The van der Waals surface area contributed by atoms with Crippen molar-refractivity contribution in [3.05, 3.63) is 53.1 Å². The first-order chi connectivity index (χ1) is 20.1. The normalized spacial score (nSPS) is 24.3. The number of imide groups is 1. The van der Waals surface area contributed by atoms with E-state index >= 15 is 0 Å². The van der Waals surface area contributed by atoms with Crippen molar-refractivity contribution in [3.63, 3.8) is 0 Å². The lowest BCUT2D eigenvalue weighted by molar-refractivity contribution is -0.271. The van der Waals surface area contributed by atoms with Crippen molar-refractivity contribution >= 4 is 39.2 Å². The van der Waals surface area contributed by atoms with E-state index in [4.69, 9.17) is 14.2 Å². The van der Waals surface area contributed by atoms with E-state index < -0.39 is 76.0 Å². The number of carbonyl (C=O) groups excluding carboxylic acids is 3. The van der Waals surface area contributed by atoms with Gasteiger partial charge in [-0.15, -0.1) is 0 Å². The second-order valence-corrected chi connectivity index (χ2v) is 12.2. The van der Waals surface area contributed by atoms with Crippen LogP contribution in [0, 0.1) is 0 Å². The summed E-state index contributed by atoms with van der Waals surface area (Å²) in [6.07, 6.45) is -8.49. The average Bonchev–Trinajstić information content (AvgIpc) is 3.17. The summed E-state index contributed by atoms with van der Waals surface area (Å²) in [4.78, 5) is 51.0. The average molecular weight is 623 g/mol. The number of carbonyl (C=O) groups is 4. The minimum Gasteiger partial charge on any atom is -0.490 e. The fourth-order valence-corrected chi connectivity index (χ4v) is 5.77. The van der Waals surface area contributed by atoms with Crippen LogP contribution in [0.1, 0.15) is 46.2 Å². The van der Waals surface area contributed by atoms with Crippen LogP contribution in [0.2, 0.25) is 0 Å². The summed E-state index contributed by atoms with van der Waals surface area (Å²) in [5, 5.41) is 42.2. The van der Waals surface area contributed by atoms with Crippen LogP contribution in [0.3, 0.4) is 0 Å². The van der Waals surface area contributed by atoms with Gasteiger partial charge in [0.15, 0.2) is 17.6 Å². The van der Waals surface area contributed by atoms with E-state index in [2.05, 4.69) is 5.32 Å². The molecule has 0 spiro atoms. The zero-order valence-electron chi connectivity index (χ0n) is 23.2. The van der Waals surface area contributed by atoms with Crippen molar-refractivity contribution in [2.24, 2.45) is 0 Å². The molecule has 0 aliphatic carbocycles. The van der Waals surface area contributed by atoms with E-state index in [1.165, 1.54) is 43.3 Å². The van der Waals surface area contributed by atoms with Gasteiger partial charge in [0, 0.05) is 13.2 Å². The highest BCUT2D eigenvalue weighted by Gasteiger charge is 2.48. The maximum atomic E-state index is 13.6. The van der Waals surface area contributed by atoms with Gasteiger partial charge in [0.25, 0.3) is 11.8 Å². The molecule has 2 aliphatic rings. The number of nitrogens with one attached hydrogen (secondary N) is 1. The lowest BCUT2D eigenvalue weighted by Gasteiger charge is -2.38. The molecule has 0 radical (unpaired) electrons. The van der Waals surface area contributed by atoms with Gasteiger partial charge >= 0.3 is 5.97 Å². The second-order valence-electron chi connectivity index (χ2n) is 9.99. The standard InChI is InChI=1S/C27H30N2O13S/c1-4-40-18-10-13(8-9-17(18)41-27-22(33)20(31)21(32)23(42-27)26(36)37)16(11-43(3,38)39)29-24(34)14-6-5-7-15(28-12(2)30)19(14)25(29)35/h5-10,16,20-23,27,31-33H,4,11H2,1-3H3,(H,28,30)(H,36,37). The number of sulfone groups is 1. The number of fused-ring (bicyclic) bond motifs is 1. The molecule has 0 bridgehead atoms. The molecule has 2 aromatic rings. The van der Waals surface area contributed by atoms with Crippen molar-refractivity contribution < 1.29 is 62.2 Å². The molecule has 4 rings (SSSR count). The first-order valence-corrected chi connectivity index (χ1v) is 15.0. The van der Waals surface area contributed by atoms with Crippen LogP contribution in [0.5, 0.6) is 11.5 Å². The molecular formula is C27H30N2O13S. The van der Waals surface area contributed by atoms with Crippen LogP contribution < -0.4 is 14.8 Å². The van der Waals surface area contributed by atoms with Crippen LogP contribution >= 0.6 is 0 Å². The van der Waals surface area contributed by atoms with E-state index in [0.717, 1.165) is 11.2 Å². The summed E-state index contributed by atoms with van der Waals surface area (Å²) in [6, 6.07) is 6.84. The summed E-state index contributed by atoms with van der Waals surface area (Å²) in [5.74, 6) is -4.58. The van der Waals surface area contributed by atoms with E-state index in [1.54, 1.807) is 6.92 Å². The molecule has 232 valence electrons. The van der Waals surface area contributed by atoms with Crippen molar-refractivity contribution in [1.29, 1.82) is 0 Å². The van der Waals surface area contributed by atoms with Gasteiger partial charge in [-0.2, -0.15) is 0 Å². The topological polar surface area (TPSA) is 226 Å². The molecule has 6 unspecified atom stereocenters. The minimum atomic E-state index is -3.81. The minimum absolute atomic E-state index is 0.0306. The van der Waals surface area contributed by atoms with Gasteiger partial charge < -0.3 is 40.0 Å². The van der Waals surface area contributed by atoms with Gasteiger partial charge in [0.2, 0.25) is 12.2 Å². The summed E-state index contributed by atoms with van der Waals surface area (Å²) in [6.45, 7) is 2.90. The number of hydrogen-bond donors (Lipinski definition) is 5. The molecule has 1 fully saturated rings. The SMILES string of the molecule is CCOc1cc(C(CS(C)(=O)=O)N2C(=O)c3cccc(NC(C)=O)c3C2=O)ccc1OC1OC(C(=O)O)C(O)C(O)C1O.